The summed E-state index contributed by atoms with van der Waals surface area (Å²) in [4.78, 5) is 18.6. The summed E-state index contributed by atoms with van der Waals surface area (Å²) < 4.78 is 5.11. The Balaban J connectivity index is 1.90. The van der Waals surface area contributed by atoms with E-state index in [1.807, 2.05) is 20.0 Å². The number of nitrogens with one attached hydrogen (secondary N) is 1. The number of imidazole rings is 1. The van der Waals surface area contributed by atoms with Crippen LogP contribution in [0.2, 0.25) is 0 Å². The number of ether oxygens (including phenoxy) is 1. The third-order valence-corrected chi connectivity index (χ3v) is 2.68. The Morgan fingerprint density at radius 2 is 2.11 bits per heavy atom. The zero-order chi connectivity index (χ0) is 13.2. The molecule has 0 bridgehead atoms. The highest BCUT2D eigenvalue weighted by Crippen LogP contribution is 2.07. The van der Waals surface area contributed by atoms with Gasteiger partial charge in [-0.2, -0.15) is 0 Å². The number of H-pyrrole nitrogens is 1. The predicted octanol–water partition coefficient (Wildman–Crippen LogP) is 3.10. The summed E-state index contributed by atoms with van der Waals surface area (Å²) in [6, 6.07) is 0. The zero-order valence-electron chi connectivity index (χ0n) is 11.4. The van der Waals surface area contributed by atoms with Crippen molar-refractivity contribution in [2.24, 2.45) is 5.92 Å². The molecule has 1 rings (SSSR count). The van der Waals surface area contributed by atoms with Crippen molar-refractivity contribution in [1.29, 1.82) is 0 Å². The minimum Gasteiger partial charge on any atom is -0.465 e. The number of esters is 1. The molecule has 0 saturated carbocycles. The van der Waals surface area contributed by atoms with E-state index in [4.69, 9.17) is 4.74 Å². The first-order chi connectivity index (χ1) is 8.68. The number of carbonyl (C=O) groups excluding carboxylic acids is 1. The first-order valence-corrected chi connectivity index (χ1v) is 6.82. The Labute approximate surface area is 109 Å². The monoisotopic (exact) mass is 252 g/mol. The molecule has 0 aliphatic carbocycles. The van der Waals surface area contributed by atoms with Crippen LogP contribution in [0.15, 0.2) is 12.4 Å². The lowest BCUT2D eigenvalue weighted by Crippen LogP contribution is -2.09. The van der Waals surface area contributed by atoms with Crippen molar-refractivity contribution >= 4 is 5.97 Å². The lowest BCUT2D eigenvalue weighted by molar-refractivity contribution is -0.144. The summed E-state index contributed by atoms with van der Waals surface area (Å²) in [5, 5.41) is 0. The van der Waals surface area contributed by atoms with Crippen molar-refractivity contribution in [2.75, 3.05) is 6.61 Å². The first kappa shape index (κ1) is 14.7. The Hall–Kier alpha value is -1.32. The van der Waals surface area contributed by atoms with Gasteiger partial charge in [0.15, 0.2) is 0 Å². The molecule has 1 aromatic rings. The average Bonchev–Trinajstić information content (AvgIpc) is 2.84. The van der Waals surface area contributed by atoms with E-state index in [1.165, 1.54) is 0 Å². The van der Waals surface area contributed by atoms with Crippen LogP contribution in [0.4, 0.5) is 0 Å². The van der Waals surface area contributed by atoms with Crippen molar-refractivity contribution in [3.05, 3.63) is 18.2 Å². The number of hydrogen-bond acceptors (Lipinski definition) is 3. The number of aromatic amines is 1. The van der Waals surface area contributed by atoms with Gasteiger partial charge in [-0.05, 0) is 18.8 Å². The molecule has 0 spiro atoms. The highest BCUT2D eigenvalue weighted by Gasteiger charge is 2.04. The molecule has 102 valence electrons. The quantitative estimate of drug-likeness (QED) is 0.542. The smallest absolute Gasteiger partial charge is 0.305 e. The van der Waals surface area contributed by atoms with Crippen molar-refractivity contribution in [3.63, 3.8) is 0 Å². The topological polar surface area (TPSA) is 55.0 Å². The highest BCUT2D eigenvalue weighted by atomic mass is 16.5. The molecule has 1 aromatic heterocycles. The number of unbranched alkanes of at least 4 members (excludes halogenated alkanes) is 3. The SMILES string of the molecule is CC(C)COC(=O)CCCCCCc1ncc[nH]1. The molecule has 1 N–H and O–H groups in total. The maximum absolute atomic E-state index is 11.3. The number of hydrogen-bond donors (Lipinski definition) is 1. The maximum Gasteiger partial charge on any atom is 0.305 e. The minimum atomic E-state index is -0.0604. The van der Waals surface area contributed by atoms with Gasteiger partial charge < -0.3 is 9.72 Å². The Bertz CT molecular complexity index is 321. The Morgan fingerprint density at radius 1 is 1.33 bits per heavy atom. The predicted molar refractivity (Wildman–Crippen MR) is 71.2 cm³/mol. The van der Waals surface area contributed by atoms with Gasteiger partial charge in [-0.15, -0.1) is 0 Å². The van der Waals surface area contributed by atoms with Gasteiger partial charge in [0.05, 0.1) is 6.61 Å². The van der Waals surface area contributed by atoms with E-state index in [-0.39, 0.29) is 5.97 Å². The van der Waals surface area contributed by atoms with Gasteiger partial charge >= 0.3 is 5.97 Å². The van der Waals surface area contributed by atoms with Crippen LogP contribution in [0, 0.1) is 5.92 Å². The van der Waals surface area contributed by atoms with Crippen LogP contribution in [0.1, 0.15) is 51.8 Å². The molecular formula is C14H24N2O2. The number of nitrogens with zero attached hydrogens (tertiary/aromatic N) is 1. The average molecular weight is 252 g/mol. The van der Waals surface area contributed by atoms with Gasteiger partial charge in [-0.3, -0.25) is 4.79 Å². The van der Waals surface area contributed by atoms with Crippen LogP contribution >= 0.6 is 0 Å². The first-order valence-electron chi connectivity index (χ1n) is 6.82. The molecule has 1 heterocycles. The van der Waals surface area contributed by atoms with Gasteiger partial charge in [0.25, 0.3) is 0 Å². The molecule has 4 nitrogen and oxygen atoms in total. The maximum atomic E-state index is 11.3. The summed E-state index contributed by atoms with van der Waals surface area (Å²) in [7, 11) is 0. The van der Waals surface area contributed by atoms with Crippen LogP contribution in [0.3, 0.4) is 0 Å². The molecule has 0 fully saturated rings. The number of aromatic nitrogens is 2. The van der Waals surface area contributed by atoms with Crippen molar-refractivity contribution in [2.45, 2.75) is 52.4 Å². The molecule has 0 aliphatic rings. The lowest BCUT2D eigenvalue weighted by atomic mass is 10.1. The van der Waals surface area contributed by atoms with Crippen LogP contribution in [-0.2, 0) is 16.0 Å². The van der Waals surface area contributed by atoms with E-state index in [9.17, 15) is 4.79 Å². The molecular weight excluding hydrogens is 228 g/mol. The van der Waals surface area contributed by atoms with E-state index in [0.29, 0.717) is 18.9 Å². The van der Waals surface area contributed by atoms with E-state index in [2.05, 4.69) is 9.97 Å². The number of carbonyl (C=O) groups is 1. The fourth-order valence-electron chi connectivity index (χ4n) is 1.68. The summed E-state index contributed by atoms with van der Waals surface area (Å²) in [6.45, 7) is 4.63. The van der Waals surface area contributed by atoms with E-state index in [1.54, 1.807) is 6.20 Å². The Kier molecular flexibility index (Phi) is 7.14. The van der Waals surface area contributed by atoms with Crippen molar-refractivity contribution < 1.29 is 9.53 Å². The number of rotatable bonds is 9. The molecule has 0 aromatic carbocycles. The minimum absolute atomic E-state index is 0.0604. The van der Waals surface area contributed by atoms with E-state index in [0.717, 1.165) is 37.9 Å². The van der Waals surface area contributed by atoms with Gasteiger partial charge in [0.1, 0.15) is 5.82 Å². The second kappa shape index (κ2) is 8.72. The summed E-state index contributed by atoms with van der Waals surface area (Å²) in [5.41, 5.74) is 0. The second-order valence-corrected chi connectivity index (χ2v) is 5.03. The molecule has 0 aliphatic heterocycles. The van der Waals surface area contributed by atoms with Gasteiger partial charge in [0.2, 0.25) is 0 Å². The van der Waals surface area contributed by atoms with Crippen molar-refractivity contribution in [1.82, 2.24) is 9.97 Å². The van der Waals surface area contributed by atoms with Gasteiger partial charge in [-0.25, -0.2) is 4.98 Å². The molecule has 0 atom stereocenters. The lowest BCUT2D eigenvalue weighted by Gasteiger charge is -2.06. The van der Waals surface area contributed by atoms with E-state index >= 15 is 0 Å². The normalized spacial score (nSPS) is 10.8. The standard InChI is InChI=1S/C14H24N2O2/c1-12(2)11-18-14(17)8-6-4-3-5-7-13-15-9-10-16-13/h9-10,12H,3-8,11H2,1-2H3,(H,15,16). The summed E-state index contributed by atoms with van der Waals surface area (Å²) in [5.74, 6) is 1.41. The largest absolute Gasteiger partial charge is 0.465 e. The summed E-state index contributed by atoms with van der Waals surface area (Å²) >= 11 is 0. The fraction of sp³-hybridized carbons (Fsp3) is 0.714. The second-order valence-electron chi connectivity index (χ2n) is 5.03. The van der Waals surface area contributed by atoms with Crippen LogP contribution in [0.5, 0.6) is 0 Å². The third-order valence-electron chi connectivity index (χ3n) is 2.68. The van der Waals surface area contributed by atoms with Crippen LogP contribution < -0.4 is 0 Å². The molecule has 4 heteroatoms. The summed E-state index contributed by atoms with van der Waals surface area (Å²) in [6.07, 6.45) is 9.43. The van der Waals surface area contributed by atoms with E-state index < -0.39 is 0 Å². The van der Waals surface area contributed by atoms with Gasteiger partial charge in [-0.1, -0.05) is 26.7 Å². The highest BCUT2D eigenvalue weighted by molar-refractivity contribution is 5.69. The van der Waals surface area contributed by atoms with Gasteiger partial charge in [0, 0.05) is 25.2 Å². The number of aryl methyl sites for hydroxylation is 1. The van der Waals surface area contributed by atoms with Crippen molar-refractivity contribution in [3.8, 4) is 0 Å². The molecule has 18 heavy (non-hydrogen) atoms. The van der Waals surface area contributed by atoms with Crippen LogP contribution in [0.25, 0.3) is 0 Å². The Morgan fingerprint density at radius 3 is 2.78 bits per heavy atom. The molecule has 0 amide bonds. The molecule has 0 radical (unpaired) electrons. The molecule has 0 unspecified atom stereocenters. The molecule has 0 saturated heterocycles. The fourth-order valence-corrected chi connectivity index (χ4v) is 1.68. The third kappa shape index (κ3) is 7.09. The zero-order valence-corrected chi connectivity index (χ0v) is 11.4. The van der Waals surface area contributed by atoms with Crippen LogP contribution in [-0.4, -0.2) is 22.5 Å².